The van der Waals surface area contributed by atoms with E-state index in [1.54, 1.807) is 6.20 Å². The molecule has 19 heavy (non-hydrogen) atoms. The second kappa shape index (κ2) is 4.55. The van der Waals surface area contributed by atoms with E-state index in [0.717, 1.165) is 28.3 Å². The molecular formula is C14H13ClN4. The molecule has 0 aliphatic rings. The summed E-state index contributed by atoms with van der Waals surface area (Å²) in [6, 6.07) is 8.24. The fourth-order valence-corrected chi connectivity index (χ4v) is 2.17. The molecule has 0 saturated carbocycles. The summed E-state index contributed by atoms with van der Waals surface area (Å²) in [6.07, 6.45) is 1.70. The molecule has 0 spiro atoms. The van der Waals surface area contributed by atoms with Gasteiger partial charge in [0.05, 0.1) is 0 Å². The van der Waals surface area contributed by atoms with Crippen LogP contribution in [-0.4, -0.2) is 15.0 Å². The van der Waals surface area contributed by atoms with Crippen molar-refractivity contribution in [2.75, 3.05) is 5.32 Å². The average molecular weight is 273 g/mol. The van der Waals surface area contributed by atoms with Crippen molar-refractivity contribution in [2.24, 2.45) is 0 Å². The zero-order valence-electron chi connectivity index (χ0n) is 10.7. The maximum absolute atomic E-state index is 5.81. The number of hydrogen-bond donors (Lipinski definition) is 2. The Bertz CT molecular complexity index is 748. The number of halogens is 1. The van der Waals surface area contributed by atoms with Crippen LogP contribution >= 0.6 is 11.6 Å². The second-order valence-electron chi connectivity index (χ2n) is 4.55. The molecule has 0 unspecified atom stereocenters. The smallest absolute Gasteiger partial charge is 0.224 e. The first-order valence-corrected chi connectivity index (χ1v) is 6.35. The van der Waals surface area contributed by atoms with E-state index < -0.39 is 0 Å². The molecule has 2 N–H and O–H groups in total. The molecular weight excluding hydrogens is 260 g/mol. The number of fused-ring (bicyclic) bond motifs is 1. The van der Waals surface area contributed by atoms with Crippen molar-refractivity contribution >= 4 is 34.0 Å². The molecule has 4 nitrogen and oxygen atoms in total. The number of nitrogens with one attached hydrogen (secondary N) is 2. The van der Waals surface area contributed by atoms with Gasteiger partial charge in [0.25, 0.3) is 0 Å². The number of benzene rings is 1. The monoisotopic (exact) mass is 272 g/mol. The van der Waals surface area contributed by atoms with Crippen LogP contribution in [0.15, 0.2) is 30.5 Å². The van der Waals surface area contributed by atoms with Gasteiger partial charge in [0.1, 0.15) is 5.82 Å². The Hall–Kier alpha value is -2.07. The fraction of sp³-hybridized carbons (Fsp3) is 0.143. The molecule has 2 aromatic heterocycles. The molecule has 0 amide bonds. The standard InChI is InChI=1S/C14H13ClN4/c1-8-7-16-14(15)19-13(8)18-11-3-4-12-10(6-11)5-9(2)17-12/h3-7,17H,1-2H3,(H,16,18,19). The second-order valence-corrected chi connectivity index (χ2v) is 4.89. The van der Waals surface area contributed by atoms with Crippen molar-refractivity contribution in [3.63, 3.8) is 0 Å². The normalized spacial score (nSPS) is 10.9. The summed E-state index contributed by atoms with van der Waals surface area (Å²) in [4.78, 5) is 11.4. The Balaban J connectivity index is 1.98. The number of aromatic amines is 1. The molecule has 3 rings (SSSR count). The summed E-state index contributed by atoms with van der Waals surface area (Å²) in [5, 5.41) is 4.67. The molecule has 0 atom stereocenters. The number of anilines is 2. The van der Waals surface area contributed by atoms with Crippen LogP contribution in [0, 0.1) is 13.8 Å². The summed E-state index contributed by atoms with van der Waals surface area (Å²) >= 11 is 5.81. The predicted octanol–water partition coefficient (Wildman–Crippen LogP) is 3.97. The van der Waals surface area contributed by atoms with Crippen molar-refractivity contribution in [3.05, 3.63) is 47.0 Å². The van der Waals surface area contributed by atoms with Crippen molar-refractivity contribution in [2.45, 2.75) is 13.8 Å². The van der Waals surface area contributed by atoms with Crippen molar-refractivity contribution < 1.29 is 0 Å². The third-order valence-electron chi connectivity index (χ3n) is 2.96. The molecule has 5 heteroatoms. The molecule has 0 aliphatic carbocycles. The highest BCUT2D eigenvalue weighted by Crippen LogP contribution is 2.23. The van der Waals surface area contributed by atoms with E-state index in [0.29, 0.717) is 0 Å². The minimum atomic E-state index is 0.242. The number of nitrogens with zero attached hydrogens (tertiary/aromatic N) is 2. The lowest BCUT2D eigenvalue weighted by Gasteiger charge is -2.08. The third-order valence-corrected chi connectivity index (χ3v) is 3.14. The van der Waals surface area contributed by atoms with E-state index >= 15 is 0 Å². The zero-order valence-corrected chi connectivity index (χ0v) is 11.4. The summed E-state index contributed by atoms with van der Waals surface area (Å²) in [5.41, 5.74) is 4.20. The summed E-state index contributed by atoms with van der Waals surface area (Å²) in [7, 11) is 0. The number of aromatic nitrogens is 3. The summed E-state index contributed by atoms with van der Waals surface area (Å²) < 4.78 is 0. The molecule has 96 valence electrons. The van der Waals surface area contributed by atoms with Crippen LogP contribution in [0.5, 0.6) is 0 Å². The minimum Gasteiger partial charge on any atom is -0.359 e. The van der Waals surface area contributed by atoms with Crippen LogP contribution in [-0.2, 0) is 0 Å². The van der Waals surface area contributed by atoms with E-state index in [2.05, 4.69) is 32.4 Å². The Morgan fingerprint density at radius 1 is 1.21 bits per heavy atom. The van der Waals surface area contributed by atoms with Crippen LogP contribution < -0.4 is 5.32 Å². The highest BCUT2D eigenvalue weighted by atomic mass is 35.5. The highest BCUT2D eigenvalue weighted by Gasteiger charge is 2.04. The molecule has 1 aromatic carbocycles. The maximum atomic E-state index is 5.81. The first kappa shape index (κ1) is 12.0. The van der Waals surface area contributed by atoms with Crippen molar-refractivity contribution in [1.29, 1.82) is 0 Å². The Labute approximate surface area is 115 Å². The van der Waals surface area contributed by atoms with Gasteiger partial charge in [0, 0.05) is 34.0 Å². The van der Waals surface area contributed by atoms with Gasteiger partial charge in [0.2, 0.25) is 5.28 Å². The van der Waals surface area contributed by atoms with Gasteiger partial charge in [-0.2, -0.15) is 0 Å². The van der Waals surface area contributed by atoms with Crippen LogP contribution in [0.3, 0.4) is 0 Å². The first-order valence-electron chi connectivity index (χ1n) is 5.97. The number of H-pyrrole nitrogens is 1. The van der Waals surface area contributed by atoms with Gasteiger partial charge in [-0.05, 0) is 49.7 Å². The molecule has 0 saturated heterocycles. The van der Waals surface area contributed by atoms with E-state index in [4.69, 9.17) is 11.6 Å². The van der Waals surface area contributed by atoms with Gasteiger partial charge in [-0.25, -0.2) is 9.97 Å². The minimum absolute atomic E-state index is 0.242. The molecule has 0 radical (unpaired) electrons. The van der Waals surface area contributed by atoms with Crippen molar-refractivity contribution in [1.82, 2.24) is 15.0 Å². The largest absolute Gasteiger partial charge is 0.359 e. The predicted molar refractivity (Wildman–Crippen MR) is 78.1 cm³/mol. The van der Waals surface area contributed by atoms with Crippen LogP contribution in [0.2, 0.25) is 5.28 Å². The van der Waals surface area contributed by atoms with E-state index in [-0.39, 0.29) is 5.28 Å². The number of aryl methyl sites for hydroxylation is 2. The van der Waals surface area contributed by atoms with Gasteiger partial charge in [-0.15, -0.1) is 0 Å². The Morgan fingerprint density at radius 3 is 2.89 bits per heavy atom. The topological polar surface area (TPSA) is 53.6 Å². The Kier molecular flexibility index (Phi) is 2.87. The quantitative estimate of drug-likeness (QED) is 0.694. The van der Waals surface area contributed by atoms with Gasteiger partial charge in [-0.3, -0.25) is 0 Å². The van der Waals surface area contributed by atoms with Gasteiger partial charge < -0.3 is 10.3 Å². The zero-order chi connectivity index (χ0) is 13.4. The molecule has 0 fully saturated rings. The van der Waals surface area contributed by atoms with Crippen LogP contribution in [0.25, 0.3) is 10.9 Å². The fourth-order valence-electron chi connectivity index (χ4n) is 2.04. The molecule has 3 aromatic rings. The lowest BCUT2D eigenvalue weighted by Crippen LogP contribution is -1.97. The van der Waals surface area contributed by atoms with Gasteiger partial charge >= 0.3 is 0 Å². The van der Waals surface area contributed by atoms with Gasteiger partial charge in [0.15, 0.2) is 0 Å². The van der Waals surface area contributed by atoms with Gasteiger partial charge in [-0.1, -0.05) is 0 Å². The Morgan fingerprint density at radius 2 is 2.05 bits per heavy atom. The lowest BCUT2D eigenvalue weighted by atomic mass is 10.2. The number of hydrogen-bond acceptors (Lipinski definition) is 3. The average Bonchev–Trinajstić information content (AvgIpc) is 2.73. The van der Waals surface area contributed by atoms with E-state index in [9.17, 15) is 0 Å². The SMILES string of the molecule is Cc1cc2cc(Nc3nc(Cl)ncc3C)ccc2[nH]1. The van der Waals surface area contributed by atoms with E-state index in [1.165, 1.54) is 5.39 Å². The maximum Gasteiger partial charge on any atom is 0.224 e. The first-order chi connectivity index (χ1) is 9.11. The summed E-state index contributed by atoms with van der Waals surface area (Å²) in [6.45, 7) is 3.99. The molecule has 2 heterocycles. The van der Waals surface area contributed by atoms with Crippen LogP contribution in [0.4, 0.5) is 11.5 Å². The summed E-state index contributed by atoms with van der Waals surface area (Å²) in [5.74, 6) is 0.728. The molecule has 0 aliphatic heterocycles. The van der Waals surface area contributed by atoms with Crippen LogP contribution in [0.1, 0.15) is 11.3 Å². The third kappa shape index (κ3) is 2.39. The highest BCUT2D eigenvalue weighted by molar-refractivity contribution is 6.28. The number of rotatable bonds is 2. The molecule has 0 bridgehead atoms. The van der Waals surface area contributed by atoms with E-state index in [1.807, 2.05) is 26.0 Å². The lowest BCUT2D eigenvalue weighted by molar-refractivity contribution is 1.13. The van der Waals surface area contributed by atoms with Crippen molar-refractivity contribution in [3.8, 4) is 0 Å².